The van der Waals surface area contributed by atoms with E-state index < -0.39 is 5.91 Å². The summed E-state index contributed by atoms with van der Waals surface area (Å²) in [6, 6.07) is 11.6. The highest BCUT2D eigenvalue weighted by atomic mass is 16.3. The van der Waals surface area contributed by atoms with E-state index in [1.54, 1.807) is 0 Å². The molecule has 0 fully saturated rings. The fraction of sp³-hybridized carbons (Fsp3) is 0.222. The van der Waals surface area contributed by atoms with Gasteiger partial charge in [-0.05, 0) is 28.7 Å². The number of phenols is 2. The highest BCUT2D eigenvalue weighted by Crippen LogP contribution is 2.23. The van der Waals surface area contributed by atoms with Gasteiger partial charge in [-0.1, -0.05) is 45.0 Å². The van der Waals surface area contributed by atoms with Gasteiger partial charge in [0.15, 0.2) is 0 Å². The van der Waals surface area contributed by atoms with E-state index in [-0.39, 0.29) is 22.5 Å². The summed E-state index contributed by atoms with van der Waals surface area (Å²) in [5, 5.41) is 22.7. The third kappa shape index (κ3) is 4.32. The zero-order chi connectivity index (χ0) is 17.0. The summed E-state index contributed by atoms with van der Waals surface area (Å²) in [5.41, 5.74) is 4.54. The van der Waals surface area contributed by atoms with Crippen molar-refractivity contribution in [1.82, 2.24) is 5.43 Å². The molecule has 0 aliphatic carbocycles. The summed E-state index contributed by atoms with van der Waals surface area (Å²) in [6.45, 7) is 6.42. The van der Waals surface area contributed by atoms with Gasteiger partial charge in [-0.2, -0.15) is 5.10 Å². The molecule has 2 aromatic carbocycles. The third-order valence-electron chi connectivity index (χ3n) is 3.38. The van der Waals surface area contributed by atoms with Gasteiger partial charge in [0.05, 0.1) is 11.8 Å². The molecule has 0 atom stereocenters. The second kappa shape index (κ2) is 6.52. The predicted octanol–water partition coefficient (Wildman–Crippen LogP) is 3.16. The topological polar surface area (TPSA) is 81.9 Å². The van der Waals surface area contributed by atoms with Crippen molar-refractivity contribution in [2.75, 3.05) is 0 Å². The summed E-state index contributed by atoms with van der Waals surface area (Å²) in [6.07, 6.45) is 1.53. The lowest BCUT2D eigenvalue weighted by molar-refractivity contribution is 0.0952. The molecule has 1 amide bonds. The predicted molar refractivity (Wildman–Crippen MR) is 90.0 cm³/mol. The largest absolute Gasteiger partial charge is 0.508 e. The van der Waals surface area contributed by atoms with Gasteiger partial charge in [0.1, 0.15) is 11.5 Å². The number of hydrazone groups is 1. The van der Waals surface area contributed by atoms with Crippen LogP contribution in [0.2, 0.25) is 0 Å². The quantitative estimate of drug-likeness (QED) is 0.601. The van der Waals surface area contributed by atoms with E-state index in [0.717, 1.165) is 11.6 Å². The van der Waals surface area contributed by atoms with Crippen LogP contribution < -0.4 is 5.43 Å². The van der Waals surface area contributed by atoms with Crippen LogP contribution in [0.5, 0.6) is 11.5 Å². The zero-order valence-corrected chi connectivity index (χ0v) is 13.4. The van der Waals surface area contributed by atoms with Crippen molar-refractivity contribution in [3.8, 4) is 11.5 Å². The SMILES string of the molecule is CC(C)(C)c1ccc(/C=N/NC(=O)c2ccc(O)cc2O)cc1. The van der Waals surface area contributed by atoms with Crippen LogP contribution >= 0.6 is 0 Å². The number of nitrogens with zero attached hydrogens (tertiary/aromatic N) is 1. The molecule has 0 aliphatic rings. The molecule has 0 saturated heterocycles. The lowest BCUT2D eigenvalue weighted by Gasteiger charge is -2.18. The number of hydrogen-bond donors (Lipinski definition) is 3. The van der Waals surface area contributed by atoms with Crippen LogP contribution in [0.1, 0.15) is 42.3 Å². The van der Waals surface area contributed by atoms with Gasteiger partial charge in [0.25, 0.3) is 5.91 Å². The molecule has 3 N–H and O–H groups in total. The number of hydrogen-bond acceptors (Lipinski definition) is 4. The van der Waals surface area contributed by atoms with Crippen LogP contribution in [-0.2, 0) is 5.41 Å². The Hall–Kier alpha value is -2.82. The summed E-state index contributed by atoms with van der Waals surface area (Å²) in [7, 11) is 0. The van der Waals surface area contributed by atoms with Gasteiger partial charge in [-0.3, -0.25) is 4.79 Å². The second-order valence-corrected chi connectivity index (χ2v) is 6.27. The molecule has 0 unspecified atom stereocenters. The Labute approximate surface area is 135 Å². The minimum atomic E-state index is -0.551. The Kier molecular flexibility index (Phi) is 4.69. The number of aromatic hydroxyl groups is 2. The first-order valence-electron chi connectivity index (χ1n) is 7.23. The highest BCUT2D eigenvalue weighted by molar-refractivity contribution is 5.97. The van der Waals surface area contributed by atoms with Gasteiger partial charge in [0, 0.05) is 6.07 Å². The lowest BCUT2D eigenvalue weighted by atomic mass is 9.87. The smallest absolute Gasteiger partial charge is 0.275 e. The number of carbonyl (C=O) groups is 1. The monoisotopic (exact) mass is 312 g/mol. The van der Waals surface area contributed by atoms with Crippen LogP contribution in [-0.4, -0.2) is 22.3 Å². The first-order valence-corrected chi connectivity index (χ1v) is 7.23. The normalized spacial score (nSPS) is 11.6. The van der Waals surface area contributed by atoms with Crippen LogP contribution in [0, 0.1) is 0 Å². The van der Waals surface area contributed by atoms with Gasteiger partial charge >= 0.3 is 0 Å². The molecule has 0 aromatic heterocycles. The molecule has 0 spiro atoms. The van der Waals surface area contributed by atoms with Crippen molar-refractivity contribution >= 4 is 12.1 Å². The molecule has 120 valence electrons. The molecule has 0 aliphatic heterocycles. The molecule has 5 heteroatoms. The molecule has 2 rings (SSSR count). The summed E-state index contributed by atoms with van der Waals surface area (Å²) >= 11 is 0. The Morgan fingerprint density at radius 3 is 2.30 bits per heavy atom. The number of phenolic OH excluding ortho intramolecular Hbond substituents is 2. The second-order valence-electron chi connectivity index (χ2n) is 6.27. The van der Waals surface area contributed by atoms with Crippen molar-refractivity contribution < 1.29 is 15.0 Å². The van der Waals surface area contributed by atoms with Gasteiger partial charge in [-0.25, -0.2) is 5.43 Å². The molecule has 5 nitrogen and oxygen atoms in total. The van der Waals surface area contributed by atoms with E-state index in [2.05, 4.69) is 31.3 Å². The number of carbonyl (C=O) groups excluding carboxylic acids is 1. The summed E-state index contributed by atoms with van der Waals surface area (Å²) < 4.78 is 0. The maximum atomic E-state index is 11.9. The van der Waals surface area contributed by atoms with Gasteiger partial charge < -0.3 is 10.2 Å². The highest BCUT2D eigenvalue weighted by Gasteiger charge is 2.13. The van der Waals surface area contributed by atoms with E-state index in [9.17, 15) is 15.0 Å². The maximum absolute atomic E-state index is 11.9. The van der Waals surface area contributed by atoms with E-state index in [1.165, 1.54) is 23.9 Å². The first kappa shape index (κ1) is 16.5. The summed E-state index contributed by atoms with van der Waals surface area (Å²) in [4.78, 5) is 11.9. The van der Waals surface area contributed by atoms with E-state index >= 15 is 0 Å². The van der Waals surface area contributed by atoms with E-state index in [0.29, 0.717) is 0 Å². The standard InChI is InChI=1S/C18H20N2O3/c1-18(2,3)13-6-4-12(5-7-13)11-19-20-17(23)15-9-8-14(21)10-16(15)22/h4-11,21-22H,1-3H3,(H,20,23)/b19-11+. The first-order chi connectivity index (χ1) is 10.8. The fourth-order valence-corrected chi connectivity index (χ4v) is 2.01. The van der Waals surface area contributed by atoms with Gasteiger partial charge in [0.2, 0.25) is 0 Å². The maximum Gasteiger partial charge on any atom is 0.275 e. The van der Waals surface area contributed by atoms with Crippen LogP contribution in [0.15, 0.2) is 47.6 Å². The Bertz CT molecular complexity index is 729. The average Bonchev–Trinajstić information content (AvgIpc) is 2.46. The van der Waals surface area contributed by atoms with Crippen molar-refractivity contribution in [2.24, 2.45) is 5.10 Å². The van der Waals surface area contributed by atoms with Crippen molar-refractivity contribution in [3.05, 3.63) is 59.2 Å². The molecule has 0 radical (unpaired) electrons. The average molecular weight is 312 g/mol. The molecule has 0 saturated carbocycles. The molecular weight excluding hydrogens is 292 g/mol. The summed E-state index contributed by atoms with van der Waals surface area (Å²) in [5.74, 6) is -0.959. The third-order valence-corrected chi connectivity index (χ3v) is 3.38. The van der Waals surface area contributed by atoms with E-state index in [4.69, 9.17) is 0 Å². The van der Waals surface area contributed by atoms with Crippen LogP contribution in [0.4, 0.5) is 0 Å². The van der Waals surface area contributed by atoms with Crippen molar-refractivity contribution in [3.63, 3.8) is 0 Å². The zero-order valence-electron chi connectivity index (χ0n) is 13.4. The molecule has 2 aromatic rings. The molecule has 0 heterocycles. The van der Waals surface area contributed by atoms with Gasteiger partial charge in [-0.15, -0.1) is 0 Å². The molecule has 0 bridgehead atoms. The van der Waals surface area contributed by atoms with Crippen molar-refractivity contribution in [1.29, 1.82) is 0 Å². The Balaban J connectivity index is 2.02. The minimum absolute atomic E-state index is 0.0445. The number of rotatable bonds is 3. The minimum Gasteiger partial charge on any atom is -0.508 e. The number of benzene rings is 2. The number of amides is 1. The Morgan fingerprint density at radius 1 is 1.09 bits per heavy atom. The Morgan fingerprint density at radius 2 is 1.74 bits per heavy atom. The van der Waals surface area contributed by atoms with E-state index in [1.807, 2.05) is 24.3 Å². The fourth-order valence-electron chi connectivity index (χ4n) is 2.01. The lowest BCUT2D eigenvalue weighted by Crippen LogP contribution is -2.17. The van der Waals surface area contributed by atoms with Crippen LogP contribution in [0.3, 0.4) is 0 Å². The number of nitrogens with one attached hydrogen (secondary N) is 1. The molecule has 23 heavy (non-hydrogen) atoms. The molecular formula is C18H20N2O3. The van der Waals surface area contributed by atoms with Crippen molar-refractivity contribution in [2.45, 2.75) is 26.2 Å². The van der Waals surface area contributed by atoms with Crippen LogP contribution in [0.25, 0.3) is 0 Å².